The van der Waals surface area contributed by atoms with Crippen molar-refractivity contribution in [2.45, 2.75) is 25.8 Å². The lowest BCUT2D eigenvalue weighted by molar-refractivity contribution is -0.0253. The summed E-state index contributed by atoms with van der Waals surface area (Å²) in [6, 6.07) is 23.3. The third-order valence-corrected chi connectivity index (χ3v) is 7.06. The second kappa shape index (κ2) is 9.08. The van der Waals surface area contributed by atoms with Crippen molar-refractivity contribution in [3.05, 3.63) is 130 Å². The van der Waals surface area contributed by atoms with Gasteiger partial charge in [-0.05, 0) is 67.3 Å². The van der Waals surface area contributed by atoms with Gasteiger partial charge in [0.25, 0.3) is 5.91 Å². The number of hydrogen-bond acceptors (Lipinski definition) is 4. The molecule has 2 aliphatic heterocycles. The lowest BCUT2D eigenvalue weighted by Gasteiger charge is -2.43. The lowest BCUT2D eigenvalue weighted by Crippen LogP contribution is -2.50. The Morgan fingerprint density at radius 1 is 1.03 bits per heavy atom. The minimum Gasteiger partial charge on any atom is -0.497 e. The molecule has 0 spiro atoms. The fourth-order valence-electron chi connectivity index (χ4n) is 5.26. The summed E-state index contributed by atoms with van der Waals surface area (Å²) in [6.45, 7) is 2.72. The van der Waals surface area contributed by atoms with Gasteiger partial charge in [0.05, 0.1) is 7.11 Å². The minimum absolute atomic E-state index is 0.0637. The predicted octanol–water partition coefficient (Wildman–Crippen LogP) is 6.35. The van der Waals surface area contributed by atoms with Crippen LogP contribution in [-0.2, 0) is 0 Å². The van der Waals surface area contributed by atoms with Crippen molar-refractivity contribution in [3.8, 4) is 11.5 Å². The molecule has 3 aromatic rings. The Morgan fingerprint density at radius 3 is 2.61 bits per heavy atom. The summed E-state index contributed by atoms with van der Waals surface area (Å²) in [5.41, 5.74) is 6.11. The number of benzene rings is 3. The number of carbonyl (C=O) groups is 1. The minimum atomic E-state index is -0.374. The fourth-order valence-corrected chi connectivity index (χ4v) is 5.26. The molecule has 0 bridgehead atoms. The highest BCUT2D eigenvalue weighted by Gasteiger charge is 2.41. The Bertz CT molecular complexity index is 1400. The molecule has 0 saturated carbocycles. The van der Waals surface area contributed by atoms with Gasteiger partial charge in [0.15, 0.2) is 0 Å². The maximum absolute atomic E-state index is 14.3. The zero-order chi connectivity index (χ0) is 24.6. The Kier molecular flexibility index (Phi) is 5.61. The normalized spacial score (nSPS) is 18.4. The van der Waals surface area contributed by atoms with Gasteiger partial charge in [0.2, 0.25) is 5.88 Å². The maximum Gasteiger partial charge on any atom is 0.273 e. The van der Waals surface area contributed by atoms with Crippen LogP contribution in [0.3, 0.4) is 0 Å². The number of allylic oxidation sites excluding steroid dienone is 4. The molecule has 0 saturated heterocycles. The van der Waals surface area contributed by atoms with E-state index in [9.17, 15) is 4.79 Å². The van der Waals surface area contributed by atoms with Crippen molar-refractivity contribution in [1.29, 1.82) is 0 Å². The standard InChI is InChI=1S/C31H28N2O3/c1-21-12-17-28-27(20-21)29(23-13-15-25(35-2)16-14-23)33(30(34)24-9-4-3-5-10-24)32-19-18-22-8-6-7-11-26(22)31(32)36-28/h3-10,12-17,20,29H,11,18-19H2,1-2H3. The van der Waals surface area contributed by atoms with Crippen molar-refractivity contribution in [2.75, 3.05) is 13.7 Å². The largest absolute Gasteiger partial charge is 0.497 e. The third-order valence-electron chi connectivity index (χ3n) is 7.06. The van der Waals surface area contributed by atoms with Gasteiger partial charge in [-0.2, -0.15) is 0 Å². The SMILES string of the molecule is COc1ccc(C2c3cc(C)ccc3OC3=C4CC=CC=C4CCN3N2C(=O)c2ccccc2)cc1. The van der Waals surface area contributed by atoms with Crippen LogP contribution in [0.1, 0.15) is 45.9 Å². The lowest BCUT2D eigenvalue weighted by atomic mass is 9.93. The topological polar surface area (TPSA) is 42.0 Å². The summed E-state index contributed by atoms with van der Waals surface area (Å²) in [6.07, 6.45) is 8.03. The van der Waals surface area contributed by atoms with E-state index in [1.54, 1.807) is 7.11 Å². The van der Waals surface area contributed by atoms with Crippen molar-refractivity contribution in [2.24, 2.45) is 0 Å². The maximum atomic E-state index is 14.3. The first kappa shape index (κ1) is 22.2. The molecule has 6 rings (SSSR count). The van der Waals surface area contributed by atoms with Crippen molar-refractivity contribution in [1.82, 2.24) is 10.0 Å². The Hall–Kier alpha value is -4.25. The van der Waals surface area contributed by atoms with Crippen molar-refractivity contribution in [3.63, 3.8) is 0 Å². The van der Waals surface area contributed by atoms with Crippen LogP contribution >= 0.6 is 0 Å². The van der Waals surface area contributed by atoms with Crippen LogP contribution in [-0.4, -0.2) is 29.6 Å². The Balaban J connectivity index is 1.61. The third kappa shape index (κ3) is 3.77. The molecule has 3 aliphatic rings. The smallest absolute Gasteiger partial charge is 0.273 e. The first-order valence-corrected chi connectivity index (χ1v) is 12.3. The summed E-state index contributed by atoms with van der Waals surface area (Å²) < 4.78 is 12.1. The summed E-state index contributed by atoms with van der Waals surface area (Å²) >= 11 is 0. The molecule has 1 atom stereocenters. The molecule has 0 radical (unpaired) electrons. The molecule has 1 unspecified atom stereocenters. The monoisotopic (exact) mass is 476 g/mol. The van der Waals surface area contributed by atoms with Gasteiger partial charge in [-0.25, -0.2) is 10.0 Å². The quantitative estimate of drug-likeness (QED) is 0.442. The number of hydrogen-bond donors (Lipinski definition) is 0. The molecule has 1 aliphatic carbocycles. The molecule has 3 aromatic carbocycles. The van der Waals surface area contributed by atoms with Crippen LogP contribution in [0, 0.1) is 6.92 Å². The summed E-state index contributed by atoms with van der Waals surface area (Å²) in [5, 5.41) is 3.96. The summed E-state index contributed by atoms with van der Waals surface area (Å²) in [4.78, 5) is 14.3. The molecular weight excluding hydrogens is 448 g/mol. The fraction of sp³-hybridized carbons (Fsp3) is 0.194. The van der Waals surface area contributed by atoms with Crippen LogP contribution in [0.2, 0.25) is 0 Å². The van der Waals surface area contributed by atoms with E-state index < -0.39 is 0 Å². The number of hydrazine groups is 1. The number of amides is 1. The highest BCUT2D eigenvalue weighted by molar-refractivity contribution is 5.94. The van der Waals surface area contributed by atoms with Crippen LogP contribution in [0.25, 0.3) is 0 Å². The number of carbonyl (C=O) groups excluding carboxylic acids is 1. The summed E-state index contributed by atoms with van der Waals surface area (Å²) in [7, 11) is 1.66. The van der Waals surface area contributed by atoms with Gasteiger partial charge in [0, 0.05) is 23.2 Å². The molecule has 2 heterocycles. The first-order chi connectivity index (χ1) is 17.6. The number of methoxy groups -OCH3 is 1. The molecule has 36 heavy (non-hydrogen) atoms. The number of aryl methyl sites for hydroxylation is 1. The van der Waals surface area contributed by atoms with E-state index in [1.807, 2.05) is 65.7 Å². The molecule has 0 fully saturated rings. The van der Waals surface area contributed by atoms with E-state index in [2.05, 4.69) is 42.3 Å². The van der Waals surface area contributed by atoms with E-state index in [-0.39, 0.29) is 11.9 Å². The molecule has 5 nitrogen and oxygen atoms in total. The van der Waals surface area contributed by atoms with Crippen LogP contribution < -0.4 is 9.47 Å². The van der Waals surface area contributed by atoms with Crippen LogP contribution in [0.5, 0.6) is 11.5 Å². The molecule has 180 valence electrons. The average Bonchev–Trinajstić information content (AvgIpc) is 3.07. The van der Waals surface area contributed by atoms with E-state index in [1.165, 1.54) is 5.57 Å². The van der Waals surface area contributed by atoms with E-state index in [0.29, 0.717) is 12.1 Å². The molecule has 1 amide bonds. The first-order valence-electron chi connectivity index (χ1n) is 12.3. The Morgan fingerprint density at radius 2 is 1.83 bits per heavy atom. The number of nitrogens with zero attached hydrogens (tertiary/aromatic N) is 2. The van der Waals surface area contributed by atoms with Gasteiger partial charge in [0.1, 0.15) is 17.5 Å². The second-order valence-corrected chi connectivity index (χ2v) is 9.32. The number of rotatable bonds is 3. The average molecular weight is 477 g/mol. The highest BCUT2D eigenvalue weighted by atomic mass is 16.5. The zero-order valence-corrected chi connectivity index (χ0v) is 20.5. The van der Waals surface area contributed by atoms with Crippen LogP contribution in [0.4, 0.5) is 0 Å². The Labute approximate surface area is 211 Å². The van der Waals surface area contributed by atoms with Gasteiger partial charge in [-0.1, -0.05) is 60.2 Å². The van der Waals surface area contributed by atoms with E-state index in [4.69, 9.17) is 9.47 Å². The molecule has 5 heteroatoms. The predicted molar refractivity (Wildman–Crippen MR) is 139 cm³/mol. The van der Waals surface area contributed by atoms with Crippen molar-refractivity contribution >= 4 is 5.91 Å². The van der Waals surface area contributed by atoms with Crippen LogP contribution in [0.15, 0.2) is 108 Å². The summed E-state index contributed by atoms with van der Waals surface area (Å²) in [5.74, 6) is 2.22. The van der Waals surface area contributed by atoms with Gasteiger partial charge >= 0.3 is 0 Å². The molecule has 0 N–H and O–H groups in total. The number of fused-ring (bicyclic) bond motifs is 3. The molecule has 0 aromatic heterocycles. The highest BCUT2D eigenvalue weighted by Crippen LogP contribution is 2.45. The van der Waals surface area contributed by atoms with Gasteiger partial charge < -0.3 is 9.47 Å². The van der Waals surface area contributed by atoms with E-state index >= 15 is 0 Å². The molecular formula is C31H28N2O3. The zero-order valence-electron chi connectivity index (χ0n) is 20.5. The van der Waals surface area contributed by atoms with Gasteiger partial charge in [-0.15, -0.1) is 0 Å². The van der Waals surface area contributed by atoms with E-state index in [0.717, 1.165) is 52.5 Å². The van der Waals surface area contributed by atoms with Gasteiger partial charge in [-0.3, -0.25) is 4.79 Å². The number of ether oxygens (including phenoxy) is 2. The second-order valence-electron chi connectivity index (χ2n) is 9.32. The van der Waals surface area contributed by atoms with Crippen molar-refractivity contribution < 1.29 is 14.3 Å².